The lowest BCUT2D eigenvalue weighted by atomic mass is 9.42. The predicted octanol–water partition coefficient (Wildman–Crippen LogP) is 4.24. The van der Waals surface area contributed by atoms with Gasteiger partial charge in [0.2, 0.25) is 5.91 Å². The van der Waals surface area contributed by atoms with Gasteiger partial charge in [0.25, 0.3) is 0 Å². The Morgan fingerprint density at radius 3 is 2.38 bits per heavy atom. The van der Waals surface area contributed by atoms with Crippen molar-refractivity contribution in [2.45, 2.75) is 50.5 Å². The van der Waals surface area contributed by atoms with Gasteiger partial charge in [-0.2, -0.15) is 0 Å². The van der Waals surface area contributed by atoms with E-state index in [-0.39, 0.29) is 16.7 Å². The van der Waals surface area contributed by atoms with Gasteiger partial charge >= 0.3 is 0 Å². The van der Waals surface area contributed by atoms with Crippen LogP contribution in [0.2, 0.25) is 0 Å². The van der Waals surface area contributed by atoms with Crippen LogP contribution in [0.25, 0.3) is 0 Å². The third-order valence-electron chi connectivity index (χ3n) is 7.13. The number of hydrogen-bond acceptors (Lipinski definition) is 2. The van der Waals surface area contributed by atoms with Crippen LogP contribution in [0.4, 0.5) is 0 Å². The second-order valence-electron chi connectivity index (χ2n) is 8.93. The van der Waals surface area contributed by atoms with Crippen LogP contribution in [0.5, 0.6) is 0 Å². The van der Waals surface area contributed by atoms with Crippen molar-refractivity contribution in [1.29, 1.82) is 0 Å². The van der Waals surface area contributed by atoms with Gasteiger partial charge in [0.1, 0.15) is 0 Å². The molecule has 2 aromatic rings. The minimum Gasteiger partial charge on any atom is -0.352 e. The minimum atomic E-state index is -0.160. The van der Waals surface area contributed by atoms with Gasteiger partial charge < -0.3 is 5.32 Å². The van der Waals surface area contributed by atoms with E-state index in [1.165, 1.54) is 24.8 Å². The number of hydrogen-bond donors (Lipinski definition) is 1. The average molecular weight is 346 g/mol. The Labute approximate surface area is 155 Å². The molecule has 4 aliphatic carbocycles. The summed E-state index contributed by atoms with van der Waals surface area (Å²) in [6, 6.07) is 14.9. The van der Waals surface area contributed by atoms with Crippen LogP contribution < -0.4 is 5.32 Å². The fourth-order valence-electron chi connectivity index (χ4n) is 6.53. The molecule has 3 nitrogen and oxygen atoms in total. The van der Waals surface area contributed by atoms with Crippen molar-refractivity contribution < 1.29 is 4.79 Å². The first kappa shape index (κ1) is 16.0. The van der Waals surface area contributed by atoms with Crippen molar-refractivity contribution in [2.24, 2.45) is 17.3 Å². The third-order valence-corrected chi connectivity index (χ3v) is 7.13. The molecular formula is C23H26N2O. The van der Waals surface area contributed by atoms with Crippen LogP contribution in [0, 0.1) is 17.3 Å². The summed E-state index contributed by atoms with van der Waals surface area (Å²) in [4.78, 5) is 17.4. The number of nitrogens with zero attached hydrogens (tertiary/aromatic N) is 1. The number of rotatable bonds is 4. The molecule has 1 heterocycles. The highest BCUT2D eigenvalue weighted by Crippen LogP contribution is 2.65. The quantitative estimate of drug-likeness (QED) is 0.900. The molecule has 4 saturated carbocycles. The zero-order valence-corrected chi connectivity index (χ0v) is 15.2. The van der Waals surface area contributed by atoms with E-state index in [1.807, 2.05) is 12.1 Å². The van der Waals surface area contributed by atoms with Gasteiger partial charge in [-0.05, 0) is 79.0 Å². The van der Waals surface area contributed by atoms with Crippen molar-refractivity contribution in [3.8, 4) is 0 Å². The standard InChI is InChI=1S/C23H26N2O/c26-21(25-15-17-6-8-24-9-7-17)23-13-18-10-19(14-23)12-22(11-18,16-23)20-4-2-1-3-5-20/h1-9,18-19H,10-16H2,(H,25,26). The summed E-state index contributed by atoms with van der Waals surface area (Å²) in [7, 11) is 0. The molecule has 0 aliphatic heterocycles. The van der Waals surface area contributed by atoms with Gasteiger partial charge in [-0.1, -0.05) is 30.3 Å². The number of carbonyl (C=O) groups is 1. The number of nitrogens with one attached hydrogen (secondary N) is 1. The molecule has 0 saturated heterocycles. The second-order valence-corrected chi connectivity index (χ2v) is 8.93. The van der Waals surface area contributed by atoms with E-state index in [1.54, 1.807) is 12.4 Å². The van der Waals surface area contributed by atoms with E-state index < -0.39 is 0 Å². The van der Waals surface area contributed by atoms with E-state index in [0.717, 1.165) is 24.8 Å². The predicted molar refractivity (Wildman–Crippen MR) is 101 cm³/mol. The Morgan fingerprint density at radius 1 is 1.00 bits per heavy atom. The monoisotopic (exact) mass is 346 g/mol. The van der Waals surface area contributed by atoms with E-state index in [0.29, 0.717) is 18.4 Å². The lowest BCUT2D eigenvalue weighted by molar-refractivity contribution is -0.149. The average Bonchev–Trinajstić information content (AvgIpc) is 2.66. The van der Waals surface area contributed by atoms with Crippen molar-refractivity contribution >= 4 is 5.91 Å². The van der Waals surface area contributed by atoms with Crippen LogP contribution in [-0.2, 0) is 16.8 Å². The Hall–Kier alpha value is -2.16. The van der Waals surface area contributed by atoms with Gasteiger partial charge in [-0.15, -0.1) is 0 Å². The first-order chi connectivity index (χ1) is 12.7. The number of benzene rings is 1. The molecular weight excluding hydrogens is 320 g/mol. The largest absolute Gasteiger partial charge is 0.352 e. The van der Waals surface area contributed by atoms with Crippen molar-refractivity contribution in [3.05, 3.63) is 66.0 Å². The molecule has 4 fully saturated rings. The summed E-state index contributed by atoms with van der Waals surface area (Å²) in [6.45, 7) is 0.608. The van der Waals surface area contributed by atoms with Crippen LogP contribution in [-0.4, -0.2) is 10.9 Å². The molecule has 2 unspecified atom stereocenters. The molecule has 4 bridgehead atoms. The molecule has 4 aliphatic rings. The number of carbonyl (C=O) groups excluding carboxylic acids is 1. The maximum atomic E-state index is 13.3. The van der Waals surface area contributed by atoms with Crippen LogP contribution in [0.15, 0.2) is 54.9 Å². The summed E-state index contributed by atoms with van der Waals surface area (Å²) < 4.78 is 0. The van der Waals surface area contributed by atoms with Crippen molar-refractivity contribution in [2.75, 3.05) is 0 Å². The highest BCUT2D eigenvalue weighted by atomic mass is 16.2. The Kier molecular flexibility index (Phi) is 3.66. The number of amides is 1. The molecule has 6 rings (SSSR count). The molecule has 134 valence electrons. The summed E-state index contributed by atoms with van der Waals surface area (Å²) in [5, 5.41) is 3.26. The van der Waals surface area contributed by atoms with Gasteiger partial charge in [0, 0.05) is 18.9 Å². The Morgan fingerprint density at radius 2 is 1.69 bits per heavy atom. The van der Waals surface area contributed by atoms with Gasteiger partial charge in [0.15, 0.2) is 0 Å². The molecule has 2 atom stereocenters. The number of aromatic nitrogens is 1. The zero-order valence-electron chi connectivity index (χ0n) is 15.2. The minimum absolute atomic E-state index is 0.160. The van der Waals surface area contributed by atoms with E-state index in [2.05, 4.69) is 40.6 Å². The molecule has 1 N–H and O–H groups in total. The summed E-state index contributed by atoms with van der Waals surface area (Å²) >= 11 is 0. The Balaban J connectivity index is 1.41. The normalized spacial score (nSPS) is 34.6. The SMILES string of the molecule is O=C(NCc1ccncc1)C12CC3CC(C1)CC(c1ccccc1)(C3)C2. The molecule has 3 heteroatoms. The lowest BCUT2D eigenvalue weighted by Gasteiger charge is -2.61. The van der Waals surface area contributed by atoms with E-state index >= 15 is 0 Å². The van der Waals surface area contributed by atoms with Crippen molar-refractivity contribution in [1.82, 2.24) is 10.3 Å². The maximum Gasteiger partial charge on any atom is 0.226 e. The molecule has 1 aromatic carbocycles. The molecule has 1 amide bonds. The van der Waals surface area contributed by atoms with Crippen molar-refractivity contribution in [3.63, 3.8) is 0 Å². The lowest BCUT2D eigenvalue weighted by Crippen LogP contribution is -2.59. The topological polar surface area (TPSA) is 42.0 Å². The van der Waals surface area contributed by atoms with Crippen LogP contribution in [0.3, 0.4) is 0 Å². The first-order valence-corrected chi connectivity index (χ1v) is 9.90. The summed E-state index contributed by atoms with van der Waals surface area (Å²) in [6.07, 6.45) is 10.6. The number of pyridine rings is 1. The Bertz CT molecular complexity index is 787. The van der Waals surface area contributed by atoms with Gasteiger partial charge in [-0.25, -0.2) is 0 Å². The van der Waals surface area contributed by atoms with E-state index in [4.69, 9.17) is 0 Å². The fraction of sp³-hybridized carbons (Fsp3) is 0.478. The first-order valence-electron chi connectivity index (χ1n) is 9.90. The van der Waals surface area contributed by atoms with E-state index in [9.17, 15) is 4.79 Å². The highest BCUT2D eigenvalue weighted by molar-refractivity contribution is 5.83. The fourth-order valence-corrected chi connectivity index (χ4v) is 6.53. The maximum absolute atomic E-state index is 13.3. The summed E-state index contributed by atoms with van der Waals surface area (Å²) in [5.74, 6) is 1.70. The molecule has 26 heavy (non-hydrogen) atoms. The highest BCUT2D eigenvalue weighted by Gasteiger charge is 2.60. The molecule has 0 spiro atoms. The summed E-state index contributed by atoms with van der Waals surface area (Å²) in [5.41, 5.74) is 2.64. The third kappa shape index (κ3) is 2.56. The smallest absolute Gasteiger partial charge is 0.226 e. The van der Waals surface area contributed by atoms with Gasteiger partial charge in [0.05, 0.1) is 5.41 Å². The van der Waals surface area contributed by atoms with Crippen LogP contribution >= 0.6 is 0 Å². The zero-order chi connectivity index (χ0) is 17.6. The molecule has 1 aromatic heterocycles. The van der Waals surface area contributed by atoms with Crippen LogP contribution in [0.1, 0.15) is 49.7 Å². The van der Waals surface area contributed by atoms with Gasteiger partial charge in [-0.3, -0.25) is 9.78 Å². The second kappa shape index (κ2) is 5.94. The molecule has 0 radical (unpaired) electrons.